The van der Waals surface area contributed by atoms with E-state index in [-0.39, 0.29) is 5.78 Å². The Morgan fingerprint density at radius 1 is 0.679 bits per heavy atom. The molecule has 5 aromatic rings. The maximum atomic E-state index is 13.3. The highest BCUT2D eigenvalue weighted by Crippen LogP contribution is 2.42. The zero-order chi connectivity index (χ0) is 18.7. The normalized spacial score (nSPS) is 12.4. The van der Waals surface area contributed by atoms with E-state index < -0.39 is 0 Å². The Morgan fingerprint density at radius 3 is 2.21 bits per heavy atom. The molecule has 9 heteroatoms. The highest BCUT2D eigenvalue weighted by atomic mass is 16.1. The lowest BCUT2D eigenvalue weighted by Crippen LogP contribution is -2.10. The first-order valence-corrected chi connectivity index (χ1v) is 8.54. The van der Waals surface area contributed by atoms with Gasteiger partial charge in [0.25, 0.3) is 0 Å². The number of carbonyl (C=O) groups is 1. The summed E-state index contributed by atoms with van der Waals surface area (Å²) in [6.07, 6.45) is 0. The van der Waals surface area contributed by atoms with Crippen LogP contribution in [0.4, 0.5) is 0 Å². The quantitative estimate of drug-likeness (QED) is 0.482. The van der Waals surface area contributed by atoms with Gasteiger partial charge in [0.2, 0.25) is 11.6 Å². The van der Waals surface area contributed by atoms with Crippen LogP contribution in [-0.2, 0) is 0 Å². The van der Waals surface area contributed by atoms with Gasteiger partial charge >= 0.3 is 0 Å². The van der Waals surface area contributed by atoms with Gasteiger partial charge in [0.15, 0.2) is 5.78 Å². The van der Waals surface area contributed by atoms with Crippen molar-refractivity contribution in [1.29, 1.82) is 0 Å². The molecule has 2 N–H and O–H groups in total. The molecular weight excluding hydrogens is 356 g/mol. The van der Waals surface area contributed by atoms with Crippen LogP contribution in [0.25, 0.3) is 44.7 Å². The Hall–Kier alpha value is -4.27. The molecule has 3 aromatic carbocycles. The zero-order valence-electron chi connectivity index (χ0n) is 14.2. The number of fused-ring (bicyclic) bond motifs is 2. The first kappa shape index (κ1) is 14.9. The van der Waals surface area contributed by atoms with Crippen LogP contribution in [0.5, 0.6) is 0 Å². The third-order valence-electron chi connectivity index (χ3n) is 5.03. The SMILES string of the molecule is O=C1c2cc(-c3nn[nH]n3)ccc2-c2ccc(-c3nn[nH]n3)c3cccc1c23. The molecule has 0 saturated carbocycles. The lowest BCUT2D eigenvalue weighted by Gasteiger charge is -2.21. The van der Waals surface area contributed by atoms with Crippen LogP contribution in [0.1, 0.15) is 15.9 Å². The number of benzene rings is 3. The predicted octanol–water partition coefficient (Wildman–Crippen LogP) is 2.41. The van der Waals surface area contributed by atoms with Crippen LogP contribution in [0, 0.1) is 0 Å². The zero-order valence-corrected chi connectivity index (χ0v) is 14.2. The molecule has 0 radical (unpaired) electrons. The van der Waals surface area contributed by atoms with Gasteiger partial charge in [-0.05, 0) is 39.1 Å². The second-order valence-corrected chi connectivity index (χ2v) is 6.45. The van der Waals surface area contributed by atoms with Gasteiger partial charge in [-0.3, -0.25) is 4.79 Å². The largest absolute Gasteiger partial charge is 0.289 e. The van der Waals surface area contributed by atoms with Gasteiger partial charge < -0.3 is 0 Å². The van der Waals surface area contributed by atoms with E-state index in [1.165, 1.54) is 0 Å². The van der Waals surface area contributed by atoms with Crippen molar-refractivity contribution in [2.75, 3.05) is 0 Å². The Kier molecular flexibility index (Phi) is 2.85. The summed E-state index contributed by atoms with van der Waals surface area (Å²) in [5, 5.41) is 30.1. The molecule has 0 atom stereocenters. The van der Waals surface area contributed by atoms with Gasteiger partial charge in [-0.1, -0.05) is 36.4 Å². The minimum Gasteiger partial charge on any atom is -0.289 e. The molecule has 28 heavy (non-hydrogen) atoms. The van der Waals surface area contributed by atoms with Gasteiger partial charge in [0.05, 0.1) is 0 Å². The van der Waals surface area contributed by atoms with E-state index >= 15 is 0 Å². The Balaban J connectivity index is 1.65. The van der Waals surface area contributed by atoms with Crippen molar-refractivity contribution in [2.45, 2.75) is 0 Å². The molecule has 6 rings (SSSR count). The standard InChI is InChI=1S/C19H10N8O/c28-17-14-3-1-2-11-13(19-22-26-27-23-19)7-6-12(16(11)14)10-5-4-9(8-15(10)17)18-20-24-25-21-18/h1-8H,(H,20,21,24,25)(H,22,23,26,27). The highest BCUT2D eigenvalue weighted by molar-refractivity contribution is 6.27. The molecule has 0 aliphatic heterocycles. The first-order valence-electron chi connectivity index (χ1n) is 8.54. The van der Waals surface area contributed by atoms with E-state index in [4.69, 9.17) is 0 Å². The Labute approximate surface area is 156 Å². The molecule has 0 unspecified atom stereocenters. The summed E-state index contributed by atoms with van der Waals surface area (Å²) in [4.78, 5) is 13.3. The average Bonchev–Trinajstić information content (AvgIpc) is 3.45. The third-order valence-corrected chi connectivity index (χ3v) is 5.03. The smallest absolute Gasteiger partial charge is 0.205 e. The topological polar surface area (TPSA) is 126 Å². The van der Waals surface area contributed by atoms with Crippen LogP contribution >= 0.6 is 0 Å². The molecule has 132 valence electrons. The lowest BCUT2D eigenvalue weighted by atomic mass is 9.81. The van der Waals surface area contributed by atoms with Crippen molar-refractivity contribution < 1.29 is 4.79 Å². The lowest BCUT2D eigenvalue weighted by molar-refractivity contribution is 0.104. The van der Waals surface area contributed by atoms with Crippen molar-refractivity contribution in [1.82, 2.24) is 41.2 Å². The fourth-order valence-corrected chi connectivity index (χ4v) is 3.83. The molecule has 1 aliphatic carbocycles. The summed E-state index contributed by atoms with van der Waals surface area (Å²) in [5.74, 6) is 0.908. The Morgan fingerprint density at radius 2 is 1.43 bits per heavy atom. The van der Waals surface area contributed by atoms with Crippen molar-refractivity contribution >= 4 is 16.6 Å². The number of nitrogens with zero attached hydrogens (tertiary/aromatic N) is 6. The molecule has 0 fully saturated rings. The molecule has 0 spiro atoms. The predicted molar refractivity (Wildman–Crippen MR) is 99.2 cm³/mol. The van der Waals surface area contributed by atoms with Gasteiger partial charge in [-0.15, -0.1) is 20.4 Å². The van der Waals surface area contributed by atoms with Gasteiger partial charge in [0.1, 0.15) is 0 Å². The number of nitrogens with one attached hydrogen (secondary N) is 2. The monoisotopic (exact) mass is 366 g/mol. The van der Waals surface area contributed by atoms with Crippen molar-refractivity contribution in [3.8, 4) is 33.9 Å². The van der Waals surface area contributed by atoms with Crippen molar-refractivity contribution in [3.05, 3.63) is 59.7 Å². The van der Waals surface area contributed by atoms with E-state index in [0.717, 1.165) is 33.0 Å². The molecule has 2 aromatic heterocycles. The second kappa shape index (κ2) is 5.36. The summed E-state index contributed by atoms with van der Waals surface area (Å²) in [5.41, 5.74) is 4.70. The van der Waals surface area contributed by atoms with Crippen molar-refractivity contribution in [2.24, 2.45) is 0 Å². The molecule has 0 saturated heterocycles. The number of carbonyl (C=O) groups excluding carboxylic acids is 1. The highest BCUT2D eigenvalue weighted by Gasteiger charge is 2.27. The average molecular weight is 366 g/mol. The number of tetrazole rings is 2. The minimum atomic E-state index is -0.0382. The van der Waals surface area contributed by atoms with Crippen LogP contribution in [0.3, 0.4) is 0 Å². The molecule has 0 bridgehead atoms. The van der Waals surface area contributed by atoms with Gasteiger partial charge in [-0.25, -0.2) is 0 Å². The molecule has 0 amide bonds. The fraction of sp³-hybridized carbons (Fsp3) is 0. The molecule has 9 nitrogen and oxygen atoms in total. The van der Waals surface area contributed by atoms with E-state index in [2.05, 4.69) is 41.2 Å². The summed E-state index contributed by atoms with van der Waals surface area (Å²) in [6.45, 7) is 0. The Bertz CT molecular complexity index is 1370. The van der Waals surface area contributed by atoms with Crippen LogP contribution in [-0.4, -0.2) is 47.0 Å². The number of rotatable bonds is 2. The number of hydrogen-bond donors (Lipinski definition) is 2. The van der Waals surface area contributed by atoms with Crippen molar-refractivity contribution in [3.63, 3.8) is 0 Å². The minimum absolute atomic E-state index is 0.0382. The van der Waals surface area contributed by atoms with Gasteiger partial charge in [0, 0.05) is 27.6 Å². The maximum absolute atomic E-state index is 13.3. The first-order chi connectivity index (χ1) is 13.8. The number of ketones is 1. The number of H-pyrrole nitrogens is 2. The summed E-state index contributed by atoms with van der Waals surface area (Å²) in [6, 6.07) is 15.3. The second-order valence-electron chi connectivity index (χ2n) is 6.45. The van der Waals surface area contributed by atoms with E-state index in [1.54, 1.807) is 0 Å². The molecular formula is C19H10N8O. The number of aromatic amines is 2. The third kappa shape index (κ3) is 1.92. The molecule has 1 aliphatic rings. The van der Waals surface area contributed by atoms with Gasteiger partial charge in [-0.2, -0.15) is 10.4 Å². The van der Waals surface area contributed by atoms with Crippen LogP contribution in [0.15, 0.2) is 48.5 Å². The summed E-state index contributed by atoms with van der Waals surface area (Å²) >= 11 is 0. The van der Waals surface area contributed by atoms with E-state index in [0.29, 0.717) is 22.8 Å². The summed E-state index contributed by atoms with van der Waals surface area (Å²) < 4.78 is 0. The molecule has 2 heterocycles. The van der Waals surface area contributed by atoms with Crippen LogP contribution < -0.4 is 0 Å². The van der Waals surface area contributed by atoms with E-state index in [1.807, 2.05) is 48.5 Å². The maximum Gasteiger partial charge on any atom is 0.205 e. The number of aromatic nitrogens is 8. The van der Waals surface area contributed by atoms with E-state index in [9.17, 15) is 4.79 Å². The number of hydrogen-bond acceptors (Lipinski definition) is 7. The fourth-order valence-electron chi connectivity index (χ4n) is 3.83. The van der Waals surface area contributed by atoms with Crippen LogP contribution in [0.2, 0.25) is 0 Å². The summed E-state index contributed by atoms with van der Waals surface area (Å²) in [7, 11) is 0.